The number of ether oxygens (including phenoxy) is 2. The Morgan fingerprint density at radius 2 is 1.52 bits per heavy atom. The summed E-state index contributed by atoms with van der Waals surface area (Å²) >= 11 is 0. The first kappa shape index (κ1) is 19.9. The van der Waals surface area contributed by atoms with Crippen molar-refractivity contribution >= 4 is 29.4 Å². The van der Waals surface area contributed by atoms with Gasteiger partial charge in [-0.2, -0.15) is 0 Å². The average Bonchev–Trinajstić information content (AvgIpc) is 2.73. The van der Waals surface area contributed by atoms with E-state index < -0.39 is 30.5 Å². The number of hydrogen-bond donors (Lipinski definition) is 1. The molecule has 1 amide bonds. The number of nitrogens with one attached hydrogen (secondary N) is 1. The summed E-state index contributed by atoms with van der Waals surface area (Å²) in [6.07, 6.45) is 0. The standard InChI is InChI=1S/C21H17NO7/c1-11(23)22-17(21(27)28-2)10-29-20(26)12-7-8-15-16(9-12)19(25)14-6-4-3-5-13(14)18(15)24/h3-9,17H,10H2,1-2H3,(H,22,23)/t17-/m0/s1. The van der Waals surface area contributed by atoms with E-state index in [4.69, 9.17) is 4.74 Å². The molecule has 1 aliphatic carbocycles. The number of esters is 2. The van der Waals surface area contributed by atoms with Crippen LogP contribution in [0.4, 0.5) is 0 Å². The zero-order chi connectivity index (χ0) is 21.1. The molecule has 1 atom stereocenters. The van der Waals surface area contributed by atoms with Crippen LogP contribution in [-0.2, 0) is 19.1 Å². The van der Waals surface area contributed by atoms with E-state index in [1.807, 2.05) is 0 Å². The summed E-state index contributed by atoms with van der Waals surface area (Å²) in [6.45, 7) is 0.763. The predicted molar refractivity (Wildman–Crippen MR) is 99.7 cm³/mol. The number of hydrogen-bond acceptors (Lipinski definition) is 7. The summed E-state index contributed by atoms with van der Waals surface area (Å²) in [6, 6.07) is 9.36. The maximum Gasteiger partial charge on any atom is 0.338 e. The molecule has 29 heavy (non-hydrogen) atoms. The molecule has 8 nitrogen and oxygen atoms in total. The fourth-order valence-electron chi connectivity index (χ4n) is 3.02. The number of amides is 1. The van der Waals surface area contributed by atoms with E-state index in [9.17, 15) is 24.0 Å². The van der Waals surface area contributed by atoms with Crippen LogP contribution >= 0.6 is 0 Å². The molecule has 2 aromatic rings. The van der Waals surface area contributed by atoms with Crippen molar-refractivity contribution in [1.82, 2.24) is 5.32 Å². The SMILES string of the molecule is COC(=O)[C@H](COC(=O)c1ccc2c(c1)C(=O)c1ccccc1C2=O)NC(C)=O. The maximum atomic E-state index is 12.7. The Morgan fingerprint density at radius 1 is 0.931 bits per heavy atom. The van der Waals surface area contributed by atoms with Gasteiger partial charge in [0.05, 0.1) is 12.7 Å². The first-order chi connectivity index (χ1) is 13.8. The normalized spacial score (nSPS) is 13.0. The molecule has 1 N–H and O–H groups in total. The maximum absolute atomic E-state index is 12.7. The molecule has 8 heteroatoms. The highest BCUT2D eigenvalue weighted by molar-refractivity contribution is 6.28. The van der Waals surface area contributed by atoms with Crippen LogP contribution in [0.3, 0.4) is 0 Å². The van der Waals surface area contributed by atoms with Crippen molar-refractivity contribution in [2.75, 3.05) is 13.7 Å². The Bertz CT molecular complexity index is 1040. The number of carbonyl (C=O) groups excluding carboxylic acids is 5. The van der Waals surface area contributed by atoms with E-state index in [2.05, 4.69) is 10.1 Å². The van der Waals surface area contributed by atoms with Crippen LogP contribution < -0.4 is 5.32 Å². The summed E-state index contributed by atoms with van der Waals surface area (Å²) in [5.74, 6) is -2.74. The Morgan fingerprint density at radius 3 is 2.10 bits per heavy atom. The molecule has 2 aromatic carbocycles. The van der Waals surface area contributed by atoms with Gasteiger partial charge in [-0.25, -0.2) is 9.59 Å². The molecular weight excluding hydrogens is 378 g/mol. The molecule has 3 rings (SSSR count). The number of carbonyl (C=O) groups is 5. The van der Waals surface area contributed by atoms with Crippen LogP contribution in [-0.4, -0.2) is 49.2 Å². The summed E-state index contributed by atoms with van der Waals surface area (Å²) in [4.78, 5) is 60.6. The smallest absolute Gasteiger partial charge is 0.338 e. The molecule has 0 fully saturated rings. The Balaban J connectivity index is 1.81. The molecule has 0 unspecified atom stereocenters. The molecule has 0 heterocycles. The van der Waals surface area contributed by atoms with Gasteiger partial charge in [-0.3, -0.25) is 14.4 Å². The van der Waals surface area contributed by atoms with E-state index >= 15 is 0 Å². The van der Waals surface area contributed by atoms with Crippen LogP contribution in [0.1, 0.15) is 49.1 Å². The van der Waals surface area contributed by atoms with Crippen molar-refractivity contribution in [3.63, 3.8) is 0 Å². The number of methoxy groups -OCH3 is 1. The van der Waals surface area contributed by atoms with Gasteiger partial charge in [-0.05, 0) is 18.2 Å². The molecule has 1 aliphatic rings. The fourth-order valence-corrected chi connectivity index (χ4v) is 3.02. The van der Waals surface area contributed by atoms with Crippen molar-refractivity contribution in [3.8, 4) is 0 Å². The summed E-state index contributed by atoms with van der Waals surface area (Å²) in [5, 5.41) is 2.32. The second kappa shape index (κ2) is 8.05. The monoisotopic (exact) mass is 395 g/mol. The molecule has 148 valence electrons. The van der Waals surface area contributed by atoms with Crippen LogP contribution in [0.25, 0.3) is 0 Å². The minimum absolute atomic E-state index is 0.0377. The van der Waals surface area contributed by atoms with E-state index in [-0.39, 0.29) is 33.8 Å². The number of fused-ring (bicyclic) bond motifs is 2. The van der Waals surface area contributed by atoms with Gasteiger partial charge in [0.25, 0.3) is 0 Å². The predicted octanol–water partition coefficient (Wildman–Crippen LogP) is 1.30. The largest absolute Gasteiger partial charge is 0.467 e. The van der Waals surface area contributed by atoms with Gasteiger partial charge in [0.2, 0.25) is 5.91 Å². The van der Waals surface area contributed by atoms with Gasteiger partial charge < -0.3 is 14.8 Å². The first-order valence-corrected chi connectivity index (χ1v) is 8.68. The molecule has 0 saturated heterocycles. The van der Waals surface area contributed by atoms with Crippen molar-refractivity contribution in [2.45, 2.75) is 13.0 Å². The molecule has 0 aromatic heterocycles. The second-order valence-corrected chi connectivity index (χ2v) is 6.34. The van der Waals surface area contributed by atoms with E-state index in [0.717, 1.165) is 7.11 Å². The molecule has 0 spiro atoms. The topological polar surface area (TPSA) is 116 Å². The third-order valence-electron chi connectivity index (χ3n) is 4.41. The van der Waals surface area contributed by atoms with Crippen LogP contribution in [0.2, 0.25) is 0 Å². The number of rotatable bonds is 5. The van der Waals surface area contributed by atoms with Gasteiger partial charge >= 0.3 is 11.9 Å². The van der Waals surface area contributed by atoms with Crippen LogP contribution in [0.15, 0.2) is 42.5 Å². The van der Waals surface area contributed by atoms with Gasteiger partial charge in [0.1, 0.15) is 6.61 Å². The van der Waals surface area contributed by atoms with Crippen LogP contribution in [0, 0.1) is 0 Å². The van der Waals surface area contributed by atoms with Crippen molar-refractivity contribution in [3.05, 3.63) is 70.3 Å². The number of ketones is 2. The van der Waals surface area contributed by atoms with Crippen molar-refractivity contribution < 1.29 is 33.4 Å². The minimum Gasteiger partial charge on any atom is -0.467 e. The zero-order valence-corrected chi connectivity index (χ0v) is 15.7. The highest BCUT2D eigenvalue weighted by Gasteiger charge is 2.30. The highest BCUT2D eigenvalue weighted by Crippen LogP contribution is 2.28. The van der Waals surface area contributed by atoms with Gasteiger partial charge in [-0.15, -0.1) is 0 Å². The lowest BCUT2D eigenvalue weighted by molar-refractivity contribution is -0.146. The lowest BCUT2D eigenvalue weighted by Gasteiger charge is -2.18. The minimum atomic E-state index is -1.16. The molecule has 0 aliphatic heterocycles. The lowest BCUT2D eigenvalue weighted by atomic mass is 9.83. The van der Waals surface area contributed by atoms with Gasteiger partial charge in [0.15, 0.2) is 17.6 Å². The van der Waals surface area contributed by atoms with E-state index in [1.54, 1.807) is 24.3 Å². The van der Waals surface area contributed by atoms with E-state index in [1.165, 1.54) is 25.1 Å². The lowest BCUT2D eigenvalue weighted by Crippen LogP contribution is -2.44. The highest BCUT2D eigenvalue weighted by atomic mass is 16.5. The zero-order valence-electron chi connectivity index (χ0n) is 15.7. The third kappa shape index (κ3) is 3.91. The Hall–Kier alpha value is -3.81. The Labute approximate surface area is 165 Å². The van der Waals surface area contributed by atoms with E-state index in [0.29, 0.717) is 5.56 Å². The first-order valence-electron chi connectivity index (χ1n) is 8.68. The molecule has 0 bridgehead atoms. The summed E-state index contributed by atoms with van der Waals surface area (Å²) < 4.78 is 9.64. The van der Waals surface area contributed by atoms with Crippen LogP contribution in [0.5, 0.6) is 0 Å². The summed E-state index contributed by atoms with van der Waals surface area (Å²) in [5.41, 5.74) is 0.935. The van der Waals surface area contributed by atoms with Crippen molar-refractivity contribution in [2.24, 2.45) is 0 Å². The Kier molecular flexibility index (Phi) is 5.54. The quantitative estimate of drug-likeness (QED) is 0.647. The number of benzene rings is 2. The molecular formula is C21H17NO7. The average molecular weight is 395 g/mol. The molecule has 0 saturated carbocycles. The third-order valence-corrected chi connectivity index (χ3v) is 4.41. The van der Waals surface area contributed by atoms with Gasteiger partial charge in [0, 0.05) is 29.2 Å². The second-order valence-electron chi connectivity index (χ2n) is 6.34. The summed E-state index contributed by atoms with van der Waals surface area (Å²) in [7, 11) is 1.14. The van der Waals surface area contributed by atoms with Crippen molar-refractivity contribution in [1.29, 1.82) is 0 Å². The molecule has 0 radical (unpaired) electrons. The van der Waals surface area contributed by atoms with Gasteiger partial charge in [-0.1, -0.05) is 24.3 Å². The fraction of sp³-hybridized carbons (Fsp3) is 0.190.